The van der Waals surface area contributed by atoms with Crippen LogP contribution in [0, 0.1) is 0 Å². The average molecular weight is 214 g/mol. The number of thiophene rings is 1. The maximum absolute atomic E-state index is 11.5. The number of carbonyl (C=O) groups excluding carboxylic acids is 1. The molecule has 13 heavy (non-hydrogen) atoms. The summed E-state index contributed by atoms with van der Waals surface area (Å²) in [5, 5.41) is 9.86. The lowest BCUT2D eigenvalue weighted by atomic mass is 10.3. The summed E-state index contributed by atoms with van der Waals surface area (Å²) in [4.78, 5) is 11.5. The van der Waals surface area contributed by atoms with Crippen molar-refractivity contribution in [2.75, 3.05) is 16.9 Å². The van der Waals surface area contributed by atoms with E-state index in [9.17, 15) is 4.79 Å². The molecule has 0 bridgehead atoms. The molecule has 3 nitrogen and oxygen atoms in total. The van der Waals surface area contributed by atoms with Crippen molar-refractivity contribution in [2.24, 2.45) is 0 Å². The molecule has 2 rings (SSSR count). The molecule has 1 amide bonds. The van der Waals surface area contributed by atoms with Gasteiger partial charge in [0.25, 0.3) is 0 Å². The fraction of sp³-hybridized carbons (Fsp3) is 0.375. The first-order valence-electron chi connectivity index (χ1n) is 4.00. The largest absolute Gasteiger partial charge is 0.324 e. The third kappa shape index (κ3) is 2.24. The molecule has 1 atom stereocenters. The zero-order valence-corrected chi connectivity index (χ0v) is 8.58. The zero-order valence-electron chi connectivity index (χ0n) is 6.95. The smallest absolute Gasteiger partial charge is 0.242 e. The maximum atomic E-state index is 11.5. The van der Waals surface area contributed by atoms with Gasteiger partial charge in [-0.05, 0) is 11.4 Å². The molecule has 1 fully saturated rings. The molecular weight excluding hydrogens is 204 g/mol. The average Bonchev–Trinajstić information content (AvgIpc) is 2.74. The molecule has 5 heteroatoms. The molecule has 0 spiro atoms. The summed E-state index contributed by atoms with van der Waals surface area (Å²) in [6.07, 6.45) is 0. The van der Waals surface area contributed by atoms with Gasteiger partial charge in [-0.25, -0.2) is 0 Å². The number of anilines is 1. The molecule has 1 aromatic rings. The van der Waals surface area contributed by atoms with E-state index >= 15 is 0 Å². The first-order valence-corrected chi connectivity index (χ1v) is 6.10. The van der Waals surface area contributed by atoms with E-state index in [-0.39, 0.29) is 11.9 Å². The van der Waals surface area contributed by atoms with Crippen LogP contribution < -0.4 is 10.6 Å². The van der Waals surface area contributed by atoms with Gasteiger partial charge in [-0.3, -0.25) is 10.1 Å². The zero-order chi connectivity index (χ0) is 9.10. The van der Waals surface area contributed by atoms with Gasteiger partial charge in [-0.2, -0.15) is 11.3 Å². The van der Waals surface area contributed by atoms with Crippen LogP contribution in [0.1, 0.15) is 0 Å². The number of nitrogens with one attached hydrogen (secondary N) is 2. The van der Waals surface area contributed by atoms with Crippen LogP contribution in [-0.2, 0) is 4.79 Å². The first kappa shape index (κ1) is 9.05. The summed E-state index contributed by atoms with van der Waals surface area (Å²) < 4.78 is 0. The van der Waals surface area contributed by atoms with Crippen LogP contribution in [0.15, 0.2) is 16.8 Å². The Morgan fingerprint density at radius 3 is 3.23 bits per heavy atom. The number of hydrogen-bond donors (Lipinski definition) is 2. The monoisotopic (exact) mass is 214 g/mol. The van der Waals surface area contributed by atoms with Gasteiger partial charge in [-0.1, -0.05) is 0 Å². The number of hydrogen-bond acceptors (Lipinski definition) is 4. The minimum atomic E-state index is -0.0232. The van der Waals surface area contributed by atoms with E-state index in [1.807, 2.05) is 16.8 Å². The maximum Gasteiger partial charge on any atom is 0.242 e. The number of rotatable bonds is 2. The van der Waals surface area contributed by atoms with Crippen molar-refractivity contribution in [3.8, 4) is 0 Å². The van der Waals surface area contributed by atoms with Gasteiger partial charge in [0.15, 0.2) is 0 Å². The van der Waals surface area contributed by atoms with Crippen molar-refractivity contribution < 1.29 is 4.79 Å². The molecule has 1 aliphatic rings. The van der Waals surface area contributed by atoms with Crippen LogP contribution in [0.25, 0.3) is 0 Å². The molecule has 2 N–H and O–H groups in total. The summed E-state index contributed by atoms with van der Waals surface area (Å²) in [5.74, 6) is 1.82. The Hall–Kier alpha value is -0.520. The Bertz CT molecular complexity index is 280. The molecule has 0 aliphatic carbocycles. The predicted molar refractivity (Wildman–Crippen MR) is 57.2 cm³/mol. The molecule has 0 radical (unpaired) electrons. The summed E-state index contributed by atoms with van der Waals surface area (Å²) in [6, 6.07) is 1.88. The van der Waals surface area contributed by atoms with E-state index in [0.29, 0.717) is 0 Å². The van der Waals surface area contributed by atoms with Gasteiger partial charge < -0.3 is 5.32 Å². The van der Waals surface area contributed by atoms with E-state index < -0.39 is 0 Å². The fourth-order valence-corrected chi connectivity index (χ4v) is 2.66. The van der Waals surface area contributed by atoms with Gasteiger partial charge in [-0.15, -0.1) is 11.8 Å². The third-order valence-electron chi connectivity index (χ3n) is 1.82. The Kier molecular flexibility index (Phi) is 2.87. The van der Waals surface area contributed by atoms with Crippen LogP contribution in [0.3, 0.4) is 0 Å². The van der Waals surface area contributed by atoms with Crippen LogP contribution in [-0.4, -0.2) is 23.6 Å². The predicted octanol–water partition coefficient (Wildman–Crippen LogP) is 1.35. The Balaban J connectivity index is 1.91. The van der Waals surface area contributed by atoms with Crippen molar-refractivity contribution in [1.82, 2.24) is 5.32 Å². The highest BCUT2D eigenvalue weighted by Gasteiger charge is 2.22. The van der Waals surface area contributed by atoms with Gasteiger partial charge in [0.1, 0.15) is 0 Å². The van der Waals surface area contributed by atoms with Crippen molar-refractivity contribution in [2.45, 2.75) is 6.04 Å². The molecule has 0 aromatic carbocycles. The second kappa shape index (κ2) is 4.13. The highest BCUT2D eigenvalue weighted by Crippen LogP contribution is 2.14. The first-order chi connectivity index (χ1) is 6.36. The summed E-state index contributed by atoms with van der Waals surface area (Å²) >= 11 is 3.34. The quantitative estimate of drug-likeness (QED) is 0.781. The topological polar surface area (TPSA) is 41.1 Å². The van der Waals surface area contributed by atoms with E-state index in [2.05, 4.69) is 10.6 Å². The van der Waals surface area contributed by atoms with E-state index in [1.54, 1.807) is 23.1 Å². The Morgan fingerprint density at radius 2 is 2.62 bits per heavy atom. The molecule has 2 heterocycles. The number of carbonyl (C=O) groups is 1. The van der Waals surface area contributed by atoms with Crippen molar-refractivity contribution in [3.05, 3.63) is 16.8 Å². The van der Waals surface area contributed by atoms with Crippen molar-refractivity contribution >= 4 is 34.7 Å². The second-order valence-electron chi connectivity index (χ2n) is 2.77. The summed E-state index contributed by atoms with van der Waals surface area (Å²) in [7, 11) is 0. The van der Waals surface area contributed by atoms with Crippen LogP contribution in [0.4, 0.5) is 5.69 Å². The van der Waals surface area contributed by atoms with Crippen molar-refractivity contribution in [1.29, 1.82) is 0 Å². The van der Waals surface area contributed by atoms with Gasteiger partial charge in [0, 0.05) is 17.0 Å². The number of thioether (sulfide) groups is 1. The highest BCUT2D eigenvalue weighted by atomic mass is 32.2. The second-order valence-corrected chi connectivity index (χ2v) is 4.58. The van der Waals surface area contributed by atoms with E-state index in [0.717, 1.165) is 17.3 Å². The van der Waals surface area contributed by atoms with Crippen LogP contribution in [0.5, 0.6) is 0 Å². The Labute approximate surface area is 84.9 Å². The molecule has 1 saturated heterocycles. The van der Waals surface area contributed by atoms with Crippen LogP contribution >= 0.6 is 23.1 Å². The van der Waals surface area contributed by atoms with Crippen molar-refractivity contribution in [3.63, 3.8) is 0 Å². The lowest BCUT2D eigenvalue weighted by molar-refractivity contribution is -0.117. The highest BCUT2D eigenvalue weighted by molar-refractivity contribution is 7.99. The minimum Gasteiger partial charge on any atom is -0.324 e. The normalized spacial score (nSPS) is 21.7. The Morgan fingerprint density at radius 1 is 1.69 bits per heavy atom. The molecule has 0 saturated carbocycles. The molecule has 1 aliphatic heterocycles. The SMILES string of the molecule is O=C(Nc1ccsc1)[C@H]1CSCN1. The summed E-state index contributed by atoms with van der Waals surface area (Å²) in [6.45, 7) is 0. The minimum absolute atomic E-state index is 0.0232. The van der Waals surface area contributed by atoms with E-state index in [4.69, 9.17) is 0 Å². The lowest BCUT2D eigenvalue weighted by Gasteiger charge is -2.08. The number of amides is 1. The van der Waals surface area contributed by atoms with Gasteiger partial charge >= 0.3 is 0 Å². The summed E-state index contributed by atoms with van der Waals surface area (Å²) in [5.41, 5.74) is 0.897. The molecule has 1 aromatic heterocycles. The lowest BCUT2D eigenvalue weighted by Crippen LogP contribution is -2.37. The standard InChI is InChI=1S/C8H10N2OS2/c11-8(7-4-13-5-9-7)10-6-1-2-12-3-6/h1-3,7,9H,4-5H2,(H,10,11)/t7-/m1/s1. The van der Waals surface area contributed by atoms with Crippen LogP contribution in [0.2, 0.25) is 0 Å². The fourth-order valence-electron chi connectivity index (χ4n) is 1.13. The van der Waals surface area contributed by atoms with E-state index in [1.165, 1.54) is 0 Å². The third-order valence-corrected chi connectivity index (χ3v) is 3.44. The van der Waals surface area contributed by atoms with Gasteiger partial charge in [0.2, 0.25) is 5.91 Å². The molecule has 70 valence electrons. The van der Waals surface area contributed by atoms with Gasteiger partial charge in [0.05, 0.1) is 11.7 Å². The molecule has 0 unspecified atom stereocenters. The molecular formula is C8H10N2OS2.